The van der Waals surface area contributed by atoms with Crippen LogP contribution in [0.4, 0.5) is 4.39 Å². The van der Waals surface area contributed by atoms with Crippen molar-refractivity contribution in [2.24, 2.45) is 0 Å². The van der Waals surface area contributed by atoms with Gasteiger partial charge < -0.3 is 19.5 Å². The fourth-order valence-electron chi connectivity index (χ4n) is 3.63. The van der Waals surface area contributed by atoms with Crippen molar-refractivity contribution in [2.75, 3.05) is 20.8 Å². The van der Waals surface area contributed by atoms with Gasteiger partial charge in [-0.25, -0.2) is 9.37 Å². The Balaban J connectivity index is 1.83. The molecule has 1 N–H and O–H groups in total. The van der Waals surface area contributed by atoms with E-state index in [4.69, 9.17) is 14.6 Å². The number of aliphatic carboxylic acids is 1. The monoisotopic (exact) mass is 486 g/mol. The van der Waals surface area contributed by atoms with Crippen LogP contribution in [-0.2, 0) is 24.2 Å². The number of benzene rings is 2. The van der Waals surface area contributed by atoms with Gasteiger partial charge in [0.2, 0.25) is 0 Å². The summed E-state index contributed by atoms with van der Waals surface area (Å²) in [6.07, 6.45) is 1.04. The summed E-state index contributed by atoms with van der Waals surface area (Å²) in [5, 5.41) is 11.3. The third-order valence-corrected chi connectivity index (χ3v) is 6.21. The number of rotatable bonds is 11. The van der Waals surface area contributed by atoms with Crippen LogP contribution in [-0.4, -0.2) is 47.6 Å². The van der Waals surface area contributed by atoms with E-state index in [9.17, 15) is 14.0 Å². The average molecular weight is 487 g/mol. The number of aromatic nitrogens is 1. The van der Waals surface area contributed by atoms with E-state index in [-0.39, 0.29) is 24.7 Å². The predicted octanol–water partition coefficient (Wildman–Crippen LogP) is 4.51. The fraction of sp³-hybridized carbons (Fsp3) is 0.320. The topological polar surface area (TPSA) is 89.0 Å². The maximum absolute atomic E-state index is 13.5. The van der Waals surface area contributed by atoms with Crippen LogP contribution in [0.15, 0.2) is 41.8 Å². The first-order valence-electron chi connectivity index (χ1n) is 10.7. The molecule has 34 heavy (non-hydrogen) atoms. The van der Waals surface area contributed by atoms with Gasteiger partial charge in [-0.15, -0.1) is 11.3 Å². The van der Waals surface area contributed by atoms with E-state index in [0.717, 1.165) is 11.1 Å². The molecule has 180 valence electrons. The lowest BCUT2D eigenvalue weighted by molar-refractivity contribution is -0.136. The van der Waals surface area contributed by atoms with Gasteiger partial charge in [-0.3, -0.25) is 9.59 Å². The van der Waals surface area contributed by atoms with Crippen LogP contribution in [0.2, 0.25) is 0 Å². The van der Waals surface area contributed by atoms with E-state index < -0.39 is 5.97 Å². The van der Waals surface area contributed by atoms with Crippen molar-refractivity contribution in [3.63, 3.8) is 0 Å². The van der Waals surface area contributed by atoms with Crippen molar-refractivity contribution in [2.45, 2.75) is 32.7 Å². The summed E-state index contributed by atoms with van der Waals surface area (Å²) in [5.74, 6) is -0.400. The molecule has 1 amide bonds. The van der Waals surface area contributed by atoms with Gasteiger partial charge >= 0.3 is 5.97 Å². The number of hydrogen-bond acceptors (Lipinski definition) is 6. The molecule has 1 heterocycles. The molecule has 3 aromatic rings. The van der Waals surface area contributed by atoms with E-state index >= 15 is 0 Å². The molecule has 0 saturated carbocycles. The van der Waals surface area contributed by atoms with Crippen LogP contribution in [0.3, 0.4) is 0 Å². The number of amides is 1. The number of carbonyl (C=O) groups excluding carboxylic acids is 1. The number of halogens is 1. The highest BCUT2D eigenvalue weighted by molar-refractivity contribution is 7.09. The Morgan fingerprint density at radius 2 is 1.85 bits per heavy atom. The van der Waals surface area contributed by atoms with Gasteiger partial charge in [0.15, 0.2) is 0 Å². The molecular weight excluding hydrogens is 459 g/mol. The largest absolute Gasteiger partial charge is 0.496 e. The Bertz CT molecular complexity index is 1140. The maximum atomic E-state index is 13.5. The molecule has 0 fully saturated rings. The molecule has 0 atom stereocenters. The van der Waals surface area contributed by atoms with Gasteiger partial charge in [0.05, 0.1) is 32.9 Å². The molecule has 0 radical (unpaired) electrons. The van der Waals surface area contributed by atoms with Gasteiger partial charge in [0, 0.05) is 23.1 Å². The molecule has 0 spiro atoms. The number of thiazole rings is 1. The maximum Gasteiger partial charge on any atom is 0.309 e. The third kappa shape index (κ3) is 6.54. The summed E-state index contributed by atoms with van der Waals surface area (Å²) >= 11 is 1.31. The standard InChI is InChI=1S/C25H27FN2O5S/c1-16-21(32-2)11-18(12-22(16)33-3)25(31)28(9-5-7-17-6-4-8-19(26)10-17)14-23-27-20(15-34-23)13-24(29)30/h4,6,8,10-12,15H,5,7,9,13-14H2,1-3H3,(H,29,30). The summed E-state index contributed by atoms with van der Waals surface area (Å²) in [5.41, 5.74) is 2.51. The Morgan fingerprint density at radius 1 is 1.15 bits per heavy atom. The van der Waals surface area contributed by atoms with Gasteiger partial charge in [-0.1, -0.05) is 12.1 Å². The normalized spacial score (nSPS) is 10.7. The first-order chi connectivity index (χ1) is 16.3. The third-order valence-electron chi connectivity index (χ3n) is 5.33. The molecule has 1 aromatic heterocycles. The molecule has 9 heteroatoms. The molecule has 0 bridgehead atoms. The average Bonchev–Trinajstić information content (AvgIpc) is 3.24. The van der Waals surface area contributed by atoms with Crippen LogP contribution in [0, 0.1) is 12.7 Å². The molecular formula is C25H27FN2O5S. The minimum atomic E-state index is -0.960. The summed E-state index contributed by atoms with van der Waals surface area (Å²) in [6.45, 7) is 2.48. The highest BCUT2D eigenvalue weighted by Crippen LogP contribution is 2.30. The zero-order valence-electron chi connectivity index (χ0n) is 19.3. The Hall–Kier alpha value is -3.46. The number of methoxy groups -OCH3 is 2. The van der Waals surface area contributed by atoms with E-state index in [1.54, 1.807) is 28.5 Å². The zero-order chi connectivity index (χ0) is 24.7. The summed E-state index contributed by atoms with van der Waals surface area (Å²) < 4.78 is 24.4. The van der Waals surface area contributed by atoms with Crippen molar-refractivity contribution in [3.05, 3.63) is 75.0 Å². The van der Waals surface area contributed by atoms with Gasteiger partial charge in [0.1, 0.15) is 22.3 Å². The van der Waals surface area contributed by atoms with Crippen LogP contribution in [0.25, 0.3) is 0 Å². The Kier molecular flexibility index (Phi) is 8.59. The number of carboxylic acids is 1. The first kappa shape index (κ1) is 25.2. The highest BCUT2D eigenvalue weighted by atomic mass is 32.1. The quantitative estimate of drug-likeness (QED) is 0.429. The lowest BCUT2D eigenvalue weighted by Gasteiger charge is -2.23. The smallest absolute Gasteiger partial charge is 0.309 e. The minimum Gasteiger partial charge on any atom is -0.496 e. The van der Waals surface area contributed by atoms with E-state index in [1.165, 1.54) is 37.7 Å². The molecule has 0 aliphatic rings. The van der Waals surface area contributed by atoms with Crippen LogP contribution >= 0.6 is 11.3 Å². The predicted molar refractivity (Wildman–Crippen MR) is 127 cm³/mol. The second-order valence-electron chi connectivity index (χ2n) is 7.77. The number of carbonyl (C=O) groups is 2. The van der Waals surface area contributed by atoms with E-state index in [0.29, 0.717) is 47.2 Å². The SMILES string of the molecule is COc1cc(C(=O)N(CCCc2cccc(F)c2)Cc2nc(CC(=O)O)cs2)cc(OC)c1C. The number of aryl methyl sites for hydroxylation is 1. The fourth-order valence-corrected chi connectivity index (χ4v) is 4.44. The summed E-state index contributed by atoms with van der Waals surface area (Å²) in [6, 6.07) is 9.76. The van der Waals surface area contributed by atoms with Crippen molar-refractivity contribution >= 4 is 23.2 Å². The van der Waals surface area contributed by atoms with Crippen molar-refractivity contribution < 1.29 is 28.6 Å². The summed E-state index contributed by atoms with van der Waals surface area (Å²) in [4.78, 5) is 30.5. The molecule has 7 nitrogen and oxygen atoms in total. The van der Waals surface area contributed by atoms with Crippen molar-refractivity contribution in [3.8, 4) is 11.5 Å². The summed E-state index contributed by atoms with van der Waals surface area (Å²) in [7, 11) is 3.07. The lowest BCUT2D eigenvalue weighted by atomic mass is 10.1. The second-order valence-corrected chi connectivity index (χ2v) is 8.71. The van der Waals surface area contributed by atoms with E-state index in [2.05, 4.69) is 4.98 Å². The molecule has 0 saturated heterocycles. The van der Waals surface area contributed by atoms with Crippen molar-refractivity contribution in [1.82, 2.24) is 9.88 Å². The molecule has 3 rings (SSSR count). The molecule has 0 aliphatic carbocycles. The van der Waals surface area contributed by atoms with Gasteiger partial charge in [-0.05, 0) is 49.6 Å². The number of carboxylic acid groups (broad SMARTS) is 1. The highest BCUT2D eigenvalue weighted by Gasteiger charge is 2.21. The Morgan fingerprint density at radius 3 is 2.47 bits per heavy atom. The molecule has 0 unspecified atom stereocenters. The minimum absolute atomic E-state index is 0.170. The lowest BCUT2D eigenvalue weighted by Crippen LogP contribution is -2.32. The second kappa shape index (κ2) is 11.6. The van der Waals surface area contributed by atoms with Gasteiger partial charge in [0.25, 0.3) is 5.91 Å². The van der Waals surface area contributed by atoms with Crippen LogP contribution in [0.5, 0.6) is 11.5 Å². The molecule has 2 aromatic carbocycles. The number of hydrogen-bond donors (Lipinski definition) is 1. The van der Waals surface area contributed by atoms with E-state index in [1.807, 2.05) is 13.0 Å². The van der Waals surface area contributed by atoms with Crippen LogP contribution in [0.1, 0.15) is 38.6 Å². The first-order valence-corrected chi connectivity index (χ1v) is 11.6. The van der Waals surface area contributed by atoms with Crippen molar-refractivity contribution in [1.29, 1.82) is 0 Å². The molecule has 0 aliphatic heterocycles. The van der Waals surface area contributed by atoms with Crippen LogP contribution < -0.4 is 9.47 Å². The number of ether oxygens (including phenoxy) is 2. The Labute approximate surface area is 201 Å². The van der Waals surface area contributed by atoms with Gasteiger partial charge in [-0.2, -0.15) is 0 Å². The number of nitrogens with zero attached hydrogens (tertiary/aromatic N) is 2. The zero-order valence-corrected chi connectivity index (χ0v) is 20.2.